The summed E-state index contributed by atoms with van der Waals surface area (Å²) in [6, 6.07) is 15.3. The highest BCUT2D eigenvalue weighted by molar-refractivity contribution is 6.09. The van der Waals surface area contributed by atoms with Gasteiger partial charge in [0.2, 0.25) is 0 Å². The Morgan fingerprint density at radius 2 is 1.79 bits per heavy atom. The van der Waals surface area contributed by atoms with E-state index in [1.807, 2.05) is 55.5 Å². The molecule has 0 amide bonds. The molecule has 1 aliphatic rings. The van der Waals surface area contributed by atoms with E-state index < -0.39 is 0 Å². The van der Waals surface area contributed by atoms with Crippen LogP contribution in [-0.2, 0) is 4.79 Å². The van der Waals surface area contributed by atoms with Crippen molar-refractivity contribution in [1.82, 2.24) is 0 Å². The molecule has 19 heavy (non-hydrogen) atoms. The van der Waals surface area contributed by atoms with Crippen LogP contribution in [0.15, 0.2) is 48.5 Å². The normalized spacial score (nSPS) is 21.2. The van der Waals surface area contributed by atoms with E-state index in [9.17, 15) is 9.59 Å². The zero-order valence-electron chi connectivity index (χ0n) is 10.7. The van der Waals surface area contributed by atoms with Crippen LogP contribution < -0.4 is 0 Å². The van der Waals surface area contributed by atoms with Crippen molar-refractivity contribution in [2.24, 2.45) is 0 Å². The van der Waals surface area contributed by atoms with Gasteiger partial charge in [-0.1, -0.05) is 48.0 Å². The summed E-state index contributed by atoms with van der Waals surface area (Å²) in [6.45, 7) is 1.96. The van der Waals surface area contributed by atoms with Crippen LogP contribution in [0.5, 0.6) is 0 Å². The molecular formula is C17H14O2. The summed E-state index contributed by atoms with van der Waals surface area (Å²) in [6.07, 6.45) is 0.900. The first-order valence-corrected chi connectivity index (χ1v) is 6.37. The topological polar surface area (TPSA) is 34.1 Å². The third kappa shape index (κ3) is 1.80. The van der Waals surface area contributed by atoms with Crippen molar-refractivity contribution < 1.29 is 9.59 Å². The number of hydrogen-bond acceptors (Lipinski definition) is 2. The maximum Gasteiger partial charge on any atom is 0.171 e. The molecule has 2 nitrogen and oxygen atoms in total. The zero-order valence-corrected chi connectivity index (χ0v) is 10.7. The first kappa shape index (κ1) is 11.8. The maximum atomic E-state index is 12.6. The summed E-state index contributed by atoms with van der Waals surface area (Å²) >= 11 is 0. The summed E-state index contributed by atoms with van der Waals surface area (Å²) < 4.78 is 0. The predicted octanol–water partition coefficient (Wildman–Crippen LogP) is 3.26. The molecule has 0 bridgehead atoms. The van der Waals surface area contributed by atoms with Crippen molar-refractivity contribution >= 4 is 12.1 Å². The van der Waals surface area contributed by atoms with Gasteiger partial charge in [0.25, 0.3) is 0 Å². The molecule has 0 aliphatic heterocycles. The fourth-order valence-electron chi connectivity index (χ4n) is 2.86. The molecule has 2 heteroatoms. The fourth-order valence-corrected chi connectivity index (χ4v) is 2.86. The summed E-state index contributed by atoms with van der Waals surface area (Å²) in [5.41, 5.74) is 3.52. The minimum Gasteiger partial charge on any atom is -0.303 e. The van der Waals surface area contributed by atoms with Gasteiger partial charge < -0.3 is 4.79 Å². The van der Waals surface area contributed by atoms with Crippen LogP contribution in [0.4, 0.5) is 0 Å². The number of carbonyl (C=O) groups is 2. The highest BCUT2D eigenvalue weighted by Crippen LogP contribution is 2.42. The SMILES string of the molecule is Cc1ccc2c(c1)C(=O)C(c1ccccc1)C2C=O. The highest BCUT2D eigenvalue weighted by atomic mass is 16.1. The van der Waals surface area contributed by atoms with Gasteiger partial charge in [-0.15, -0.1) is 0 Å². The van der Waals surface area contributed by atoms with Gasteiger partial charge >= 0.3 is 0 Å². The van der Waals surface area contributed by atoms with Gasteiger partial charge in [-0.05, 0) is 24.1 Å². The molecule has 2 aromatic rings. The summed E-state index contributed by atoms with van der Waals surface area (Å²) in [5.74, 6) is -0.664. The number of benzene rings is 2. The Morgan fingerprint density at radius 3 is 2.47 bits per heavy atom. The van der Waals surface area contributed by atoms with Gasteiger partial charge in [-0.3, -0.25) is 4.79 Å². The lowest BCUT2D eigenvalue weighted by Crippen LogP contribution is -2.12. The number of aryl methyl sites for hydroxylation is 1. The van der Waals surface area contributed by atoms with Crippen LogP contribution in [0.3, 0.4) is 0 Å². The van der Waals surface area contributed by atoms with E-state index in [0.717, 1.165) is 23.0 Å². The van der Waals surface area contributed by atoms with E-state index in [1.54, 1.807) is 0 Å². The van der Waals surface area contributed by atoms with E-state index in [4.69, 9.17) is 0 Å². The molecule has 0 N–H and O–H groups in total. The van der Waals surface area contributed by atoms with Crippen molar-refractivity contribution in [2.75, 3.05) is 0 Å². The van der Waals surface area contributed by atoms with Crippen molar-refractivity contribution in [2.45, 2.75) is 18.8 Å². The lowest BCUT2D eigenvalue weighted by Gasteiger charge is -2.13. The van der Waals surface area contributed by atoms with Crippen molar-refractivity contribution in [3.05, 3.63) is 70.8 Å². The maximum absolute atomic E-state index is 12.6. The second-order valence-electron chi connectivity index (χ2n) is 5.01. The lowest BCUT2D eigenvalue weighted by atomic mass is 9.87. The second kappa shape index (κ2) is 4.47. The minimum absolute atomic E-state index is 0.0574. The molecule has 2 aromatic carbocycles. The molecule has 2 atom stereocenters. The molecule has 0 radical (unpaired) electrons. The number of Topliss-reactive ketones (excluding diaryl/α,β-unsaturated/α-hetero) is 1. The van der Waals surface area contributed by atoms with Gasteiger partial charge in [0, 0.05) is 5.56 Å². The molecule has 0 saturated carbocycles. The van der Waals surface area contributed by atoms with Gasteiger partial charge in [0.1, 0.15) is 6.29 Å². The Morgan fingerprint density at radius 1 is 1.05 bits per heavy atom. The van der Waals surface area contributed by atoms with Crippen molar-refractivity contribution in [3.63, 3.8) is 0 Å². The standard InChI is InChI=1S/C17H14O2/c1-11-7-8-13-14(9-11)17(19)16(15(13)10-18)12-5-3-2-4-6-12/h2-10,15-16H,1H3. The first-order chi connectivity index (χ1) is 9.22. The molecule has 0 spiro atoms. The number of rotatable bonds is 2. The third-order valence-corrected chi connectivity index (χ3v) is 3.78. The Balaban J connectivity index is 2.15. The second-order valence-corrected chi connectivity index (χ2v) is 5.01. The zero-order chi connectivity index (χ0) is 13.4. The Bertz CT molecular complexity index is 644. The number of ketones is 1. The Hall–Kier alpha value is -2.22. The van der Waals surface area contributed by atoms with Crippen LogP contribution >= 0.6 is 0 Å². The molecule has 0 fully saturated rings. The molecule has 3 rings (SSSR count). The number of hydrogen-bond donors (Lipinski definition) is 0. The molecule has 0 heterocycles. The smallest absolute Gasteiger partial charge is 0.171 e. The summed E-state index contributed by atoms with van der Waals surface area (Å²) in [4.78, 5) is 24.0. The van der Waals surface area contributed by atoms with Crippen molar-refractivity contribution in [3.8, 4) is 0 Å². The molecular weight excluding hydrogens is 236 g/mol. The molecule has 2 unspecified atom stereocenters. The monoisotopic (exact) mass is 250 g/mol. The van der Waals surface area contributed by atoms with Gasteiger partial charge in [0.15, 0.2) is 5.78 Å². The van der Waals surface area contributed by atoms with E-state index >= 15 is 0 Å². The van der Waals surface area contributed by atoms with Crippen LogP contribution in [0.1, 0.15) is 38.9 Å². The lowest BCUT2D eigenvalue weighted by molar-refractivity contribution is -0.109. The third-order valence-electron chi connectivity index (χ3n) is 3.78. The fraction of sp³-hybridized carbons (Fsp3) is 0.176. The van der Waals surface area contributed by atoms with Gasteiger partial charge in [0.05, 0.1) is 11.8 Å². The molecule has 0 aromatic heterocycles. The molecule has 94 valence electrons. The average molecular weight is 250 g/mol. The predicted molar refractivity (Wildman–Crippen MR) is 73.5 cm³/mol. The Kier molecular flexibility index (Phi) is 2.79. The largest absolute Gasteiger partial charge is 0.303 e. The first-order valence-electron chi connectivity index (χ1n) is 6.37. The van der Waals surface area contributed by atoms with Crippen molar-refractivity contribution in [1.29, 1.82) is 0 Å². The van der Waals surface area contributed by atoms with Crippen LogP contribution in [0.25, 0.3) is 0 Å². The number of fused-ring (bicyclic) bond motifs is 1. The summed E-state index contributed by atoms with van der Waals surface area (Å²) in [7, 11) is 0. The van der Waals surface area contributed by atoms with Crippen LogP contribution in [0, 0.1) is 6.92 Å². The minimum atomic E-state index is -0.365. The Labute approximate surface area is 112 Å². The van der Waals surface area contributed by atoms with Crippen LogP contribution in [-0.4, -0.2) is 12.1 Å². The van der Waals surface area contributed by atoms with E-state index in [2.05, 4.69) is 0 Å². The van der Waals surface area contributed by atoms with E-state index in [-0.39, 0.29) is 17.6 Å². The van der Waals surface area contributed by atoms with Gasteiger partial charge in [-0.2, -0.15) is 0 Å². The van der Waals surface area contributed by atoms with Gasteiger partial charge in [-0.25, -0.2) is 0 Å². The molecule has 0 saturated heterocycles. The molecule has 1 aliphatic carbocycles. The quantitative estimate of drug-likeness (QED) is 0.767. The van der Waals surface area contributed by atoms with E-state index in [0.29, 0.717) is 5.56 Å². The number of carbonyl (C=O) groups excluding carboxylic acids is 2. The summed E-state index contributed by atoms with van der Waals surface area (Å²) in [5, 5.41) is 0. The highest BCUT2D eigenvalue weighted by Gasteiger charge is 2.40. The number of aldehydes is 1. The van der Waals surface area contributed by atoms with E-state index in [1.165, 1.54) is 0 Å². The van der Waals surface area contributed by atoms with Crippen LogP contribution in [0.2, 0.25) is 0 Å². The average Bonchev–Trinajstić information content (AvgIpc) is 2.72.